The van der Waals surface area contributed by atoms with E-state index < -0.39 is 17.8 Å². The minimum absolute atomic E-state index is 0.131. The summed E-state index contributed by atoms with van der Waals surface area (Å²) in [5, 5.41) is 2.21. The number of anilines is 1. The Morgan fingerprint density at radius 2 is 1.77 bits per heavy atom. The molecule has 154 valence electrons. The molecule has 0 radical (unpaired) electrons. The van der Waals surface area contributed by atoms with Gasteiger partial charge in [-0.2, -0.15) is 0 Å². The molecular formula is C21H19FN4O4. The van der Waals surface area contributed by atoms with Gasteiger partial charge in [0, 0.05) is 12.5 Å². The first-order valence-electron chi connectivity index (χ1n) is 9.27. The number of barbiturate groups is 1. The summed E-state index contributed by atoms with van der Waals surface area (Å²) < 4.78 is 18.3. The predicted octanol–water partition coefficient (Wildman–Crippen LogP) is 1.81. The monoisotopic (exact) mass is 410 g/mol. The smallest absolute Gasteiger partial charge is 0.335 e. The number of carbonyl (C=O) groups excluding carboxylic acids is 3. The van der Waals surface area contributed by atoms with E-state index in [0.29, 0.717) is 18.0 Å². The van der Waals surface area contributed by atoms with Crippen LogP contribution in [0.4, 0.5) is 14.9 Å². The summed E-state index contributed by atoms with van der Waals surface area (Å²) in [4.78, 5) is 38.7. The van der Waals surface area contributed by atoms with Gasteiger partial charge in [0.1, 0.15) is 17.1 Å². The maximum atomic E-state index is 13.2. The van der Waals surface area contributed by atoms with Crippen molar-refractivity contribution in [2.75, 3.05) is 18.6 Å². The number of carbonyl (C=O) groups is 3. The maximum absolute atomic E-state index is 13.2. The fourth-order valence-electron chi connectivity index (χ4n) is 3.52. The lowest BCUT2D eigenvalue weighted by atomic mass is 9.92. The van der Waals surface area contributed by atoms with Gasteiger partial charge < -0.3 is 4.74 Å². The minimum atomic E-state index is -0.815. The number of hydrogen-bond acceptors (Lipinski definition) is 6. The first kappa shape index (κ1) is 19.7. The van der Waals surface area contributed by atoms with Crippen molar-refractivity contribution in [2.24, 2.45) is 5.92 Å². The number of nitrogens with zero attached hydrogens (tertiary/aromatic N) is 1. The van der Waals surface area contributed by atoms with Crippen LogP contribution in [0.2, 0.25) is 0 Å². The van der Waals surface area contributed by atoms with Crippen LogP contribution in [0.3, 0.4) is 0 Å². The second kappa shape index (κ2) is 8.05. The number of halogens is 1. The van der Waals surface area contributed by atoms with Gasteiger partial charge in [-0.15, -0.1) is 0 Å². The van der Waals surface area contributed by atoms with Gasteiger partial charge >= 0.3 is 6.03 Å². The fourth-order valence-corrected chi connectivity index (χ4v) is 3.52. The number of urea groups is 1. The van der Waals surface area contributed by atoms with Crippen molar-refractivity contribution in [3.63, 3.8) is 0 Å². The molecule has 0 bridgehead atoms. The zero-order valence-corrected chi connectivity index (χ0v) is 16.0. The summed E-state index contributed by atoms with van der Waals surface area (Å²) in [6.45, 7) is 0.447. The minimum Gasteiger partial charge on any atom is -0.497 e. The van der Waals surface area contributed by atoms with Gasteiger partial charge in [-0.1, -0.05) is 18.2 Å². The second-order valence-corrected chi connectivity index (χ2v) is 6.90. The van der Waals surface area contributed by atoms with Crippen molar-refractivity contribution in [1.29, 1.82) is 0 Å². The fraction of sp³-hybridized carbons (Fsp3) is 0.190. The Morgan fingerprint density at radius 1 is 1.07 bits per heavy atom. The van der Waals surface area contributed by atoms with Crippen LogP contribution in [-0.4, -0.2) is 31.5 Å². The van der Waals surface area contributed by atoms with Crippen LogP contribution in [0, 0.1) is 11.7 Å². The lowest BCUT2D eigenvalue weighted by Crippen LogP contribution is -2.54. The van der Waals surface area contributed by atoms with Gasteiger partial charge in [-0.3, -0.25) is 20.3 Å². The Hall–Kier alpha value is -3.56. The highest BCUT2D eigenvalue weighted by Gasteiger charge is 2.38. The van der Waals surface area contributed by atoms with Crippen LogP contribution < -0.4 is 25.8 Å². The van der Waals surface area contributed by atoms with Gasteiger partial charge in [0.25, 0.3) is 11.8 Å². The molecule has 2 unspecified atom stereocenters. The molecule has 0 aliphatic carbocycles. The molecule has 0 spiro atoms. The first-order valence-corrected chi connectivity index (χ1v) is 9.27. The summed E-state index contributed by atoms with van der Waals surface area (Å²) >= 11 is 0. The van der Waals surface area contributed by atoms with Crippen LogP contribution in [0.5, 0.6) is 5.75 Å². The maximum Gasteiger partial charge on any atom is 0.335 e. The first-order chi connectivity index (χ1) is 14.5. The lowest BCUT2D eigenvalue weighted by molar-refractivity contribution is -0.122. The van der Waals surface area contributed by atoms with Crippen molar-refractivity contribution < 1.29 is 23.5 Å². The summed E-state index contributed by atoms with van der Waals surface area (Å²) in [6, 6.07) is 11.2. The lowest BCUT2D eigenvalue weighted by Gasteiger charge is -2.27. The molecule has 8 nitrogen and oxygen atoms in total. The Bertz CT molecular complexity index is 1020. The Balaban J connectivity index is 1.63. The standard InChI is InChI=1S/C21H19FN4O4/c1-30-16-8-6-15(7-9-16)26-20(28)17(19(27)24-21(26)29)10-13-11-23-25-18(13)12-2-4-14(22)5-3-12/h2-10,13,18,23,25H,11H2,1H3,(H,24,27,29)/b17-10+. The molecule has 0 aromatic heterocycles. The number of imide groups is 2. The summed E-state index contributed by atoms with van der Waals surface area (Å²) in [7, 11) is 1.51. The largest absolute Gasteiger partial charge is 0.497 e. The number of methoxy groups -OCH3 is 1. The average Bonchev–Trinajstić information content (AvgIpc) is 3.20. The van der Waals surface area contributed by atoms with E-state index in [1.807, 2.05) is 0 Å². The van der Waals surface area contributed by atoms with Gasteiger partial charge in [-0.25, -0.2) is 19.5 Å². The number of rotatable bonds is 4. The van der Waals surface area contributed by atoms with Crippen molar-refractivity contribution in [2.45, 2.75) is 6.04 Å². The van der Waals surface area contributed by atoms with E-state index in [2.05, 4.69) is 16.2 Å². The number of hydrogen-bond donors (Lipinski definition) is 3. The SMILES string of the molecule is COc1ccc(N2C(=O)NC(=O)/C(=C\C3CNNC3c3ccc(F)cc3)C2=O)cc1. The zero-order valence-electron chi connectivity index (χ0n) is 16.0. The third-order valence-electron chi connectivity index (χ3n) is 5.07. The van der Waals surface area contributed by atoms with Crippen LogP contribution >= 0.6 is 0 Å². The highest BCUT2D eigenvalue weighted by Crippen LogP contribution is 2.29. The molecule has 2 heterocycles. The summed E-state index contributed by atoms with van der Waals surface area (Å²) in [5.41, 5.74) is 7.05. The van der Waals surface area contributed by atoms with Crippen LogP contribution in [0.1, 0.15) is 11.6 Å². The molecule has 2 aliphatic heterocycles. The third kappa shape index (κ3) is 3.68. The number of benzene rings is 2. The van der Waals surface area contributed by atoms with E-state index in [1.165, 1.54) is 19.2 Å². The van der Waals surface area contributed by atoms with Crippen molar-refractivity contribution in [1.82, 2.24) is 16.2 Å². The molecule has 2 fully saturated rings. The molecule has 2 aliphatic rings. The normalized spacial score (nSPS) is 23.1. The second-order valence-electron chi connectivity index (χ2n) is 6.90. The van der Waals surface area contributed by atoms with Crippen molar-refractivity contribution in [3.8, 4) is 5.75 Å². The van der Waals surface area contributed by atoms with Crippen LogP contribution in [0.25, 0.3) is 0 Å². The molecule has 2 aromatic rings. The Morgan fingerprint density at radius 3 is 2.43 bits per heavy atom. The van der Waals surface area contributed by atoms with E-state index >= 15 is 0 Å². The molecule has 2 aromatic carbocycles. The Labute approximate surface area is 171 Å². The topological polar surface area (TPSA) is 99.8 Å². The molecule has 30 heavy (non-hydrogen) atoms. The summed E-state index contributed by atoms with van der Waals surface area (Å²) in [6.07, 6.45) is 1.54. The molecule has 2 saturated heterocycles. The van der Waals surface area contributed by atoms with Crippen LogP contribution in [0.15, 0.2) is 60.2 Å². The molecule has 0 saturated carbocycles. The predicted molar refractivity (Wildman–Crippen MR) is 106 cm³/mol. The molecule has 4 amide bonds. The third-order valence-corrected chi connectivity index (χ3v) is 5.07. The van der Waals surface area contributed by atoms with Gasteiger partial charge in [0.2, 0.25) is 0 Å². The van der Waals surface area contributed by atoms with Crippen molar-refractivity contribution in [3.05, 3.63) is 71.6 Å². The van der Waals surface area contributed by atoms with E-state index in [9.17, 15) is 18.8 Å². The zero-order chi connectivity index (χ0) is 21.3. The van der Waals surface area contributed by atoms with E-state index in [-0.39, 0.29) is 23.4 Å². The molecule has 9 heteroatoms. The molecule has 2 atom stereocenters. The number of amides is 4. The van der Waals surface area contributed by atoms with E-state index in [0.717, 1.165) is 10.5 Å². The van der Waals surface area contributed by atoms with Gasteiger partial charge in [-0.05, 0) is 42.0 Å². The molecule has 3 N–H and O–H groups in total. The quantitative estimate of drug-likeness (QED) is 0.525. The summed E-state index contributed by atoms with van der Waals surface area (Å²) in [5.74, 6) is -1.51. The molecular weight excluding hydrogens is 391 g/mol. The number of ether oxygens (including phenoxy) is 1. The van der Waals surface area contributed by atoms with E-state index in [1.54, 1.807) is 42.5 Å². The van der Waals surface area contributed by atoms with Crippen molar-refractivity contribution >= 4 is 23.5 Å². The van der Waals surface area contributed by atoms with E-state index in [4.69, 9.17) is 4.74 Å². The molecule has 4 rings (SSSR count). The Kier molecular flexibility index (Phi) is 5.30. The number of hydrazine groups is 1. The number of nitrogens with one attached hydrogen (secondary N) is 3. The highest BCUT2D eigenvalue weighted by molar-refractivity contribution is 6.37. The van der Waals surface area contributed by atoms with Crippen LogP contribution in [-0.2, 0) is 9.59 Å². The highest BCUT2D eigenvalue weighted by atomic mass is 19.1. The average molecular weight is 410 g/mol. The van der Waals surface area contributed by atoms with Gasteiger partial charge in [0.05, 0.1) is 18.8 Å². The van der Waals surface area contributed by atoms with Gasteiger partial charge in [0.15, 0.2) is 0 Å².